The fourth-order valence-electron chi connectivity index (χ4n) is 1.97. The number of nitrogens with zero attached hydrogens (tertiary/aromatic N) is 1. The van der Waals surface area contributed by atoms with Crippen LogP contribution in [0.3, 0.4) is 0 Å². The Bertz CT molecular complexity index is 517. The van der Waals surface area contributed by atoms with E-state index >= 15 is 0 Å². The number of esters is 1. The Morgan fingerprint density at radius 2 is 2.25 bits per heavy atom. The molecule has 1 aliphatic rings. The average Bonchev–Trinajstić information content (AvgIpc) is 2.46. The Balaban J connectivity index is 2.19. The third kappa shape index (κ3) is 2.91. The number of hydrogen-bond acceptors (Lipinski definition) is 4. The average molecular weight is 302 g/mol. The molecule has 0 saturated carbocycles. The van der Waals surface area contributed by atoms with Crippen molar-refractivity contribution in [2.45, 2.75) is 6.10 Å². The summed E-state index contributed by atoms with van der Waals surface area (Å²) in [5.41, 5.74) is -0.195. The summed E-state index contributed by atoms with van der Waals surface area (Å²) in [4.78, 5) is 25.0. The molecule has 0 N–H and O–H groups in total. The summed E-state index contributed by atoms with van der Waals surface area (Å²) in [5, 5.41) is 0.0381. The van der Waals surface area contributed by atoms with Crippen LogP contribution in [0.4, 0.5) is 4.39 Å². The number of ether oxygens (including phenoxy) is 2. The molecule has 1 aromatic carbocycles. The summed E-state index contributed by atoms with van der Waals surface area (Å²) in [7, 11) is 1.24. The van der Waals surface area contributed by atoms with Gasteiger partial charge in [0, 0.05) is 6.54 Å². The van der Waals surface area contributed by atoms with Crippen LogP contribution in [0.1, 0.15) is 10.4 Å². The van der Waals surface area contributed by atoms with E-state index in [-0.39, 0.29) is 30.3 Å². The lowest BCUT2D eigenvalue weighted by Gasteiger charge is -2.31. The fraction of sp³-hybridized carbons (Fsp3) is 0.385. The zero-order valence-electron chi connectivity index (χ0n) is 10.8. The molecule has 20 heavy (non-hydrogen) atoms. The Morgan fingerprint density at radius 1 is 1.50 bits per heavy atom. The van der Waals surface area contributed by atoms with Crippen molar-refractivity contribution in [3.63, 3.8) is 0 Å². The van der Waals surface area contributed by atoms with Gasteiger partial charge in [-0.15, -0.1) is 0 Å². The van der Waals surface area contributed by atoms with Crippen LogP contribution in [0, 0.1) is 5.82 Å². The molecule has 108 valence electrons. The first-order chi connectivity index (χ1) is 9.54. The fourth-order valence-corrected chi connectivity index (χ4v) is 2.21. The normalized spacial score (nSPS) is 18.8. The van der Waals surface area contributed by atoms with Gasteiger partial charge in [0.1, 0.15) is 5.82 Å². The van der Waals surface area contributed by atoms with Crippen LogP contribution in [-0.4, -0.2) is 49.7 Å². The van der Waals surface area contributed by atoms with Gasteiger partial charge in [0.25, 0.3) is 5.91 Å². The van der Waals surface area contributed by atoms with E-state index in [0.717, 1.165) is 6.07 Å². The second-order valence-electron chi connectivity index (χ2n) is 4.23. The highest BCUT2D eigenvalue weighted by Crippen LogP contribution is 2.22. The van der Waals surface area contributed by atoms with Crippen LogP contribution in [0.2, 0.25) is 5.02 Å². The van der Waals surface area contributed by atoms with Gasteiger partial charge >= 0.3 is 5.97 Å². The predicted molar refractivity (Wildman–Crippen MR) is 69.1 cm³/mol. The quantitative estimate of drug-likeness (QED) is 0.777. The van der Waals surface area contributed by atoms with Crippen molar-refractivity contribution in [3.05, 3.63) is 34.6 Å². The van der Waals surface area contributed by atoms with Crippen LogP contribution >= 0.6 is 11.6 Å². The van der Waals surface area contributed by atoms with Gasteiger partial charge in [-0.25, -0.2) is 9.18 Å². The van der Waals surface area contributed by atoms with Gasteiger partial charge < -0.3 is 14.4 Å². The van der Waals surface area contributed by atoms with Crippen LogP contribution < -0.4 is 0 Å². The highest BCUT2D eigenvalue weighted by atomic mass is 35.5. The molecule has 1 heterocycles. The summed E-state index contributed by atoms with van der Waals surface area (Å²) in [5.74, 6) is -1.82. The number of methoxy groups -OCH3 is 1. The van der Waals surface area contributed by atoms with Crippen molar-refractivity contribution < 1.29 is 23.5 Å². The molecule has 0 spiro atoms. The van der Waals surface area contributed by atoms with E-state index in [9.17, 15) is 14.0 Å². The Hall–Kier alpha value is -1.66. The Kier molecular flexibility index (Phi) is 4.57. The highest BCUT2D eigenvalue weighted by molar-refractivity contribution is 6.33. The first-order valence-corrected chi connectivity index (χ1v) is 6.35. The van der Waals surface area contributed by atoms with Gasteiger partial charge in [0.2, 0.25) is 0 Å². The van der Waals surface area contributed by atoms with Crippen LogP contribution in [0.15, 0.2) is 18.2 Å². The number of morpholine rings is 1. The lowest BCUT2D eigenvalue weighted by Crippen LogP contribution is -2.49. The number of benzene rings is 1. The first-order valence-electron chi connectivity index (χ1n) is 5.97. The summed E-state index contributed by atoms with van der Waals surface area (Å²) < 4.78 is 23.5. The molecular formula is C13H13ClFNO4. The molecule has 1 amide bonds. The van der Waals surface area contributed by atoms with Crippen molar-refractivity contribution in [2.75, 3.05) is 26.8 Å². The summed E-state index contributed by atoms with van der Waals surface area (Å²) in [6.07, 6.45) is -0.858. The molecule has 1 saturated heterocycles. The molecule has 0 aromatic heterocycles. The van der Waals surface area contributed by atoms with E-state index in [1.165, 1.54) is 24.1 Å². The third-order valence-corrected chi connectivity index (χ3v) is 3.31. The van der Waals surface area contributed by atoms with Crippen LogP contribution in [0.5, 0.6) is 0 Å². The van der Waals surface area contributed by atoms with Gasteiger partial charge in [-0.2, -0.15) is 0 Å². The van der Waals surface area contributed by atoms with Gasteiger partial charge in [-0.1, -0.05) is 17.7 Å². The van der Waals surface area contributed by atoms with Gasteiger partial charge in [-0.3, -0.25) is 4.79 Å². The largest absolute Gasteiger partial charge is 0.467 e. The second kappa shape index (κ2) is 6.19. The van der Waals surface area contributed by atoms with E-state index in [0.29, 0.717) is 0 Å². The maximum absolute atomic E-state index is 13.7. The van der Waals surface area contributed by atoms with Gasteiger partial charge in [-0.05, 0) is 12.1 Å². The molecule has 5 nitrogen and oxygen atoms in total. The molecule has 7 heteroatoms. The molecule has 0 bridgehead atoms. The van der Waals surface area contributed by atoms with E-state index in [4.69, 9.17) is 16.3 Å². The van der Waals surface area contributed by atoms with Gasteiger partial charge in [0.05, 0.1) is 30.8 Å². The molecular weight excluding hydrogens is 289 g/mol. The van der Waals surface area contributed by atoms with Crippen molar-refractivity contribution in [2.24, 2.45) is 0 Å². The Labute approximate surface area is 120 Å². The monoisotopic (exact) mass is 301 g/mol. The van der Waals surface area contributed by atoms with Gasteiger partial charge in [0.15, 0.2) is 6.10 Å². The SMILES string of the molecule is COC(=O)C1CN(C(=O)c2c(F)cccc2Cl)CCO1. The van der Waals surface area contributed by atoms with Crippen LogP contribution in [0.25, 0.3) is 0 Å². The molecule has 0 aliphatic carbocycles. The smallest absolute Gasteiger partial charge is 0.336 e. The third-order valence-electron chi connectivity index (χ3n) is 2.99. The number of amides is 1. The summed E-state index contributed by atoms with van der Waals surface area (Å²) in [6.45, 7) is 0.449. The second-order valence-corrected chi connectivity index (χ2v) is 4.64. The lowest BCUT2D eigenvalue weighted by molar-refractivity contribution is -0.158. The molecule has 1 aliphatic heterocycles. The van der Waals surface area contributed by atoms with Crippen LogP contribution in [-0.2, 0) is 14.3 Å². The minimum absolute atomic E-state index is 0.0101. The maximum atomic E-state index is 13.7. The molecule has 2 rings (SSSR count). The minimum Gasteiger partial charge on any atom is -0.467 e. The zero-order valence-corrected chi connectivity index (χ0v) is 11.5. The number of rotatable bonds is 2. The molecule has 1 aromatic rings. The predicted octanol–water partition coefficient (Wildman–Crippen LogP) is 1.49. The van der Waals surface area contributed by atoms with Crippen molar-refractivity contribution in [3.8, 4) is 0 Å². The summed E-state index contributed by atoms with van der Waals surface area (Å²) in [6, 6.07) is 4.03. The summed E-state index contributed by atoms with van der Waals surface area (Å²) >= 11 is 5.86. The zero-order chi connectivity index (χ0) is 14.7. The number of carbonyl (C=O) groups is 2. The molecule has 0 radical (unpaired) electrons. The topological polar surface area (TPSA) is 55.8 Å². The van der Waals surface area contributed by atoms with Crippen molar-refractivity contribution in [1.29, 1.82) is 0 Å². The maximum Gasteiger partial charge on any atom is 0.336 e. The lowest BCUT2D eigenvalue weighted by atomic mass is 10.1. The molecule has 1 atom stereocenters. The number of halogens is 2. The molecule has 1 fully saturated rings. The van der Waals surface area contributed by atoms with E-state index in [1.54, 1.807) is 0 Å². The van der Waals surface area contributed by atoms with Crippen molar-refractivity contribution in [1.82, 2.24) is 4.90 Å². The van der Waals surface area contributed by atoms with E-state index in [1.807, 2.05) is 0 Å². The van der Waals surface area contributed by atoms with E-state index < -0.39 is 23.8 Å². The highest BCUT2D eigenvalue weighted by Gasteiger charge is 2.32. The minimum atomic E-state index is -0.858. The number of carbonyl (C=O) groups excluding carboxylic acids is 2. The van der Waals surface area contributed by atoms with E-state index in [2.05, 4.69) is 4.74 Å². The van der Waals surface area contributed by atoms with Crippen molar-refractivity contribution >= 4 is 23.5 Å². The first kappa shape index (κ1) is 14.7. The standard InChI is InChI=1S/C13H13ClFNO4/c1-19-13(18)10-7-16(5-6-20-10)12(17)11-8(14)3-2-4-9(11)15/h2-4,10H,5-7H2,1H3. The molecule has 1 unspecified atom stereocenters. The number of hydrogen-bond donors (Lipinski definition) is 0. The Morgan fingerprint density at radius 3 is 2.90 bits per heavy atom.